The van der Waals surface area contributed by atoms with E-state index in [1.54, 1.807) is 11.7 Å². The fraction of sp³-hybridized carbons (Fsp3) is 0.583. The van der Waals surface area contributed by atoms with Crippen LogP contribution < -0.4 is 0 Å². The van der Waals surface area contributed by atoms with E-state index in [-0.39, 0.29) is 5.56 Å². The van der Waals surface area contributed by atoms with Crippen molar-refractivity contribution in [2.24, 2.45) is 7.05 Å². The molecule has 0 unspecified atom stereocenters. The molecular weight excluding hydrogens is 232 g/mol. The third-order valence-electron chi connectivity index (χ3n) is 3.22. The smallest absolute Gasteiger partial charge is 0.339 e. The lowest BCUT2D eigenvalue weighted by Crippen LogP contribution is -2.28. The lowest BCUT2D eigenvalue weighted by atomic mass is 10.2. The summed E-state index contributed by atoms with van der Waals surface area (Å²) in [6.45, 7) is 1.23. The molecule has 0 bridgehead atoms. The first-order chi connectivity index (χ1) is 8.63. The Morgan fingerprint density at radius 1 is 1.72 bits per heavy atom. The normalized spacial score (nSPS) is 14.7. The number of rotatable bonds is 6. The van der Waals surface area contributed by atoms with E-state index in [4.69, 9.17) is 10.4 Å². The van der Waals surface area contributed by atoms with Crippen molar-refractivity contribution in [3.05, 3.63) is 17.5 Å². The molecule has 1 aliphatic rings. The van der Waals surface area contributed by atoms with E-state index in [0.29, 0.717) is 31.2 Å². The number of nitriles is 1. The lowest BCUT2D eigenvalue weighted by Gasteiger charge is -2.20. The number of aromatic carboxylic acids is 1. The van der Waals surface area contributed by atoms with E-state index < -0.39 is 5.97 Å². The zero-order chi connectivity index (χ0) is 13.1. The minimum atomic E-state index is -0.950. The van der Waals surface area contributed by atoms with Crippen LogP contribution in [0.2, 0.25) is 0 Å². The average molecular weight is 248 g/mol. The Morgan fingerprint density at radius 2 is 2.44 bits per heavy atom. The van der Waals surface area contributed by atoms with Crippen molar-refractivity contribution in [3.63, 3.8) is 0 Å². The predicted octanol–water partition coefficient (Wildman–Crippen LogP) is 0.996. The molecule has 0 aliphatic heterocycles. The van der Waals surface area contributed by atoms with Gasteiger partial charge in [0.2, 0.25) is 0 Å². The van der Waals surface area contributed by atoms with E-state index in [2.05, 4.69) is 16.1 Å². The fourth-order valence-electron chi connectivity index (χ4n) is 2.05. The van der Waals surface area contributed by atoms with Gasteiger partial charge in [0.25, 0.3) is 0 Å². The van der Waals surface area contributed by atoms with Gasteiger partial charge in [0.05, 0.1) is 18.0 Å². The second-order valence-electron chi connectivity index (χ2n) is 4.54. The van der Waals surface area contributed by atoms with E-state index >= 15 is 0 Å². The van der Waals surface area contributed by atoms with Gasteiger partial charge in [-0.15, -0.1) is 0 Å². The van der Waals surface area contributed by atoms with Gasteiger partial charge in [-0.25, -0.2) is 4.79 Å². The largest absolute Gasteiger partial charge is 0.478 e. The van der Waals surface area contributed by atoms with E-state index in [0.717, 1.165) is 12.8 Å². The molecule has 1 aromatic heterocycles. The second kappa shape index (κ2) is 5.19. The van der Waals surface area contributed by atoms with Gasteiger partial charge >= 0.3 is 5.97 Å². The number of carbonyl (C=O) groups is 1. The van der Waals surface area contributed by atoms with Crippen molar-refractivity contribution >= 4 is 5.97 Å². The number of aryl methyl sites for hydroxylation is 1. The van der Waals surface area contributed by atoms with Crippen molar-refractivity contribution < 1.29 is 9.90 Å². The Hall–Kier alpha value is -1.87. The molecule has 2 rings (SSSR count). The van der Waals surface area contributed by atoms with Crippen LogP contribution in [0, 0.1) is 11.3 Å². The highest BCUT2D eigenvalue weighted by Crippen LogP contribution is 2.28. The summed E-state index contributed by atoms with van der Waals surface area (Å²) >= 11 is 0. The Kier molecular flexibility index (Phi) is 3.63. The molecule has 1 fully saturated rings. The Bertz CT molecular complexity index is 485. The lowest BCUT2D eigenvalue weighted by molar-refractivity contribution is 0.0694. The zero-order valence-corrected chi connectivity index (χ0v) is 10.3. The standard InChI is InChI=1S/C12H16N4O2/c1-15-11(10(7-14-15)12(17)18)8-16(6-2-5-13)9-3-4-9/h7,9H,2-4,6,8H2,1H3,(H,17,18). The minimum Gasteiger partial charge on any atom is -0.478 e. The van der Waals surface area contributed by atoms with Crippen LogP contribution in [0.15, 0.2) is 6.20 Å². The molecule has 6 nitrogen and oxygen atoms in total. The number of nitrogens with zero attached hydrogens (tertiary/aromatic N) is 4. The van der Waals surface area contributed by atoms with E-state index in [9.17, 15) is 4.79 Å². The maximum Gasteiger partial charge on any atom is 0.339 e. The van der Waals surface area contributed by atoms with Gasteiger partial charge in [0.1, 0.15) is 5.56 Å². The molecule has 0 aromatic carbocycles. The maximum absolute atomic E-state index is 11.1. The van der Waals surface area contributed by atoms with Gasteiger partial charge in [-0.1, -0.05) is 0 Å². The van der Waals surface area contributed by atoms with Crippen molar-refractivity contribution in [1.29, 1.82) is 5.26 Å². The molecular formula is C12H16N4O2. The molecule has 1 saturated carbocycles. The summed E-state index contributed by atoms with van der Waals surface area (Å²) in [6.07, 6.45) is 4.11. The Morgan fingerprint density at radius 3 is 3.00 bits per heavy atom. The van der Waals surface area contributed by atoms with Crippen LogP contribution in [0.4, 0.5) is 0 Å². The highest BCUT2D eigenvalue weighted by Gasteiger charge is 2.30. The molecule has 1 aromatic rings. The van der Waals surface area contributed by atoms with Crippen LogP contribution in [-0.2, 0) is 13.6 Å². The summed E-state index contributed by atoms with van der Waals surface area (Å²) in [5, 5.41) is 21.7. The predicted molar refractivity (Wildman–Crippen MR) is 63.8 cm³/mol. The third kappa shape index (κ3) is 2.68. The molecule has 0 atom stereocenters. The van der Waals surface area contributed by atoms with Crippen molar-refractivity contribution in [2.75, 3.05) is 6.54 Å². The van der Waals surface area contributed by atoms with Crippen molar-refractivity contribution in [3.8, 4) is 6.07 Å². The molecule has 0 amide bonds. The Labute approximate surface area is 105 Å². The van der Waals surface area contributed by atoms with Crippen LogP contribution in [-0.4, -0.2) is 38.3 Å². The van der Waals surface area contributed by atoms with Crippen LogP contribution in [0.3, 0.4) is 0 Å². The molecule has 1 aliphatic carbocycles. The molecule has 0 saturated heterocycles. The minimum absolute atomic E-state index is 0.250. The zero-order valence-electron chi connectivity index (χ0n) is 10.3. The van der Waals surface area contributed by atoms with Crippen LogP contribution >= 0.6 is 0 Å². The van der Waals surface area contributed by atoms with Crippen LogP contribution in [0.1, 0.15) is 35.3 Å². The molecule has 1 N–H and O–H groups in total. The summed E-state index contributed by atoms with van der Waals surface area (Å²) in [4.78, 5) is 13.3. The number of carboxylic acid groups (broad SMARTS) is 1. The van der Waals surface area contributed by atoms with Gasteiger partial charge < -0.3 is 5.11 Å². The highest BCUT2D eigenvalue weighted by atomic mass is 16.4. The SMILES string of the molecule is Cn1ncc(C(=O)O)c1CN(CCC#N)C1CC1. The third-order valence-corrected chi connectivity index (χ3v) is 3.22. The highest BCUT2D eigenvalue weighted by molar-refractivity contribution is 5.88. The van der Waals surface area contributed by atoms with Gasteiger partial charge in [-0.05, 0) is 12.8 Å². The molecule has 96 valence electrons. The molecule has 1 heterocycles. The van der Waals surface area contributed by atoms with Gasteiger partial charge in [-0.3, -0.25) is 9.58 Å². The number of carboxylic acids is 1. The van der Waals surface area contributed by atoms with Crippen LogP contribution in [0.25, 0.3) is 0 Å². The number of hydrogen-bond acceptors (Lipinski definition) is 4. The summed E-state index contributed by atoms with van der Waals surface area (Å²) in [5.74, 6) is -0.950. The molecule has 0 radical (unpaired) electrons. The first kappa shape index (κ1) is 12.6. The van der Waals surface area contributed by atoms with Crippen molar-refractivity contribution in [1.82, 2.24) is 14.7 Å². The topological polar surface area (TPSA) is 82.2 Å². The Balaban J connectivity index is 2.13. The second-order valence-corrected chi connectivity index (χ2v) is 4.54. The summed E-state index contributed by atoms with van der Waals surface area (Å²) in [7, 11) is 1.75. The molecule has 0 spiro atoms. The quantitative estimate of drug-likeness (QED) is 0.812. The van der Waals surface area contributed by atoms with E-state index in [1.807, 2.05) is 0 Å². The average Bonchev–Trinajstić information content (AvgIpc) is 3.10. The summed E-state index contributed by atoms with van der Waals surface area (Å²) in [6, 6.07) is 2.63. The molecule has 6 heteroatoms. The molecule has 18 heavy (non-hydrogen) atoms. The monoisotopic (exact) mass is 248 g/mol. The number of aromatic nitrogens is 2. The maximum atomic E-state index is 11.1. The number of hydrogen-bond donors (Lipinski definition) is 1. The summed E-state index contributed by atoms with van der Waals surface area (Å²) < 4.78 is 1.60. The summed E-state index contributed by atoms with van der Waals surface area (Å²) in [5.41, 5.74) is 0.951. The first-order valence-corrected chi connectivity index (χ1v) is 5.98. The first-order valence-electron chi connectivity index (χ1n) is 5.98. The van der Waals surface area contributed by atoms with Crippen LogP contribution in [0.5, 0.6) is 0 Å². The van der Waals surface area contributed by atoms with Gasteiger partial charge in [0, 0.05) is 32.6 Å². The fourth-order valence-corrected chi connectivity index (χ4v) is 2.05. The van der Waals surface area contributed by atoms with Gasteiger partial charge in [-0.2, -0.15) is 10.4 Å². The van der Waals surface area contributed by atoms with Gasteiger partial charge in [0.15, 0.2) is 0 Å². The van der Waals surface area contributed by atoms with E-state index in [1.165, 1.54) is 6.20 Å². The van der Waals surface area contributed by atoms with Crippen molar-refractivity contribution in [2.45, 2.75) is 31.8 Å².